The largest absolute Gasteiger partial charge is 0.497 e. The van der Waals surface area contributed by atoms with Crippen molar-refractivity contribution in [3.63, 3.8) is 0 Å². The first-order valence-corrected chi connectivity index (χ1v) is 5.58. The Balaban J connectivity index is 3.15. The van der Waals surface area contributed by atoms with Crippen LogP contribution in [0.2, 0.25) is 0 Å². The molecule has 0 saturated heterocycles. The molecule has 0 bridgehead atoms. The SMILES string of the molecule is COc1ccc([N+](=O)[O-])c(OC(C(=O)O)C(C)C)c1. The number of nitrogens with zero attached hydrogens (tertiary/aromatic N) is 1. The first kappa shape index (κ1) is 14.7. The van der Waals surface area contributed by atoms with Crippen molar-refractivity contribution in [3.05, 3.63) is 28.3 Å². The molecule has 0 heterocycles. The molecule has 7 heteroatoms. The van der Waals surface area contributed by atoms with E-state index in [2.05, 4.69) is 0 Å². The van der Waals surface area contributed by atoms with Gasteiger partial charge < -0.3 is 14.6 Å². The monoisotopic (exact) mass is 269 g/mol. The standard InChI is InChI=1S/C12H15NO6/c1-7(2)11(12(14)15)19-10-6-8(18-3)4-5-9(10)13(16)17/h4-7,11H,1-3H3,(H,14,15). The van der Waals surface area contributed by atoms with E-state index in [1.165, 1.54) is 25.3 Å². The van der Waals surface area contributed by atoms with Crippen molar-refractivity contribution in [1.82, 2.24) is 0 Å². The highest BCUT2D eigenvalue weighted by Gasteiger charge is 2.27. The molecular formula is C12H15NO6. The van der Waals surface area contributed by atoms with Gasteiger partial charge in [0.2, 0.25) is 5.75 Å². The summed E-state index contributed by atoms with van der Waals surface area (Å²) >= 11 is 0. The van der Waals surface area contributed by atoms with Gasteiger partial charge in [-0.2, -0.15) is 0 Å². The summed E-state index contributed by atoms with van der Waals surface area (Å²) in [7, 11) is 1.40. The number of carboxylic acids is 1. The highest BCUT2D eigenvalue weighted by molar-refractivity contribution is 5.73. The number of aliphatic carboxylic acids is 1. The molecule has 0 fully saturated rings. The normalized spacial score (nSPS) is 12.0. The minimum atomic E-state index is -1.17. The molecule has 1 aromatic rings. The molecule has 0 saturated carbocycles. The van der Waals surface area contributed by atoms with Crippen molar-refractivity contribution in [2.45, 2.75) is 20.0 Å². The predicted octanol–water partition coefficient (Wildman–Crippen LogP) is 2.09. The Hall–Kier alpha value is -2.31. The number of benzene rings is 1. The summed E-state index contributed by atoms with van der Waals surface area (Å²) in [5, 5.41) is 19.9. The number of hydrogen-bond acceptors (Lipinski definition) is 5. The summed E-state index contributed by atoms with van der Waals surface area (Å²) in [6.45, 7) is 3.32. The summed E-state index contributed by atoms with van der Waals surface area (Å²) in [4.78, 5) is 21.3. The number of nitro benzene ring substituents is 1. The van der Waals surface area contributed by atoms with Gasteiger partial charge in [-0.15, -0.1) is 0 Å². The van der Waals surface area contributed by atoms with Gasteiger partial charge in [0.15, 0.2) is 6.10 Å². The lowest BCUT2D eigenvalue weighted by Gasteiger charge is -2.18. The first-order valence-electron chi connectivity index (χ1n) is 5.58. The molecule has 1 aromatic carbocycles. The Morgan fingerprint density at radius 1 is 1.42 bits per heavy atom. The lowest BCUT2D eigenvalue weighted by molar-refractivity contribution is -0.386. The maximum Gasteiger partial charge on any atom is 0.345 e. The number of methoxy groups -OCH3 is 1. The van der Waals surface area contributed by atoms with Gasteiger partial charge in [0.25, 0.3) is 0 Å². The highest BCUT2D eigenvalue weighted by atomic mass is 16.6. The fraction of sp³-hybridized carbons (Fsp3) is 0.417. The molecule has 104 valence electrons. The molecule has 1 rings (SSSR count). The zero-order chi connectivity index (χ0) is 14.6. The Morgan fingerprint density at radius 2 is 2.05 bits per heavy atom. The molecule has 0 aliphatic carbocycles. The molecule has 0 radical (unpaired) electrons. The van der Waals surface area contributed by atoms with Gasteiger partial charge in [-0.05, 0) is 6.07 Å². The second kappa shape index (κ2) is 6.03. The van der Waals surface area contributed by atoms with Crippen LogP contribution < -0.4 is 9.47 Å². The molecule has 1 N–H and O–H groups in total. The number of carboxylic acid groups (broad SMARTS) is 1. The maximum atomic E-state index is 11.1. The molecule has 0 aromatic heterocycles. The van der Waals surface area contributed by atoms with Crippen LogP contribution in [-0.4, -0.2) is 29.2 Å². The van der Waals surface area contributed by atoms with Gasteiger partial charge in [0, 0.05) is 18.1 Å². The average Bonchev–Trinajstić information content (AvgIpc) is 2.34. The van der Waals surface area contributed by atoms with Crippen LogP contribution in [0.15, 0.2) is 18.2 Å². The van der Waals surface area contributed by atoms with Crippen LogP contribution in [-0.2, 0) is 4.79 Å². The average molecular weight is 269 g/mol. The fourth-order valence-corrected chi connectivity index (χ4v) is 1.48. The number of rotatable bonds is 6. The highest BCUT2D eigenvalue weighted by Crippen LogP contribution is 2.32. The van der Waals surface area contributed by atoms with Crippen molar-refractivity contribution in [1.29, 1.82) is 0 Å². The van der Waals surface area contributed by atoms with Crippen LogP contribution in [0.3, 0.4) is 0 Å². The van der Waals surface area contributed by atoms with Crippen LogP contribution in [0.4, 0.5) is 5.69 Å². The number of nitro groups is 1. The minimum Gasteiger partial charge on any atom is -0.497 e. The number of ether oxygens (including phenoxy) is 2. The molecule has 7 nitrogen and oxygen atoms in total. The molecule has 0 aliphatic rings. The second-order valence-corrected chi connectivity index (χ2v) is 4.21. The van der Waals surface area contributed by atoms with Crippen LogP contribution in [0.5, 0.6) is 11.5 Å². The lowest BCUT2D eigenvalue weighted by atomic mass is 10.1. The number of carbonyl (C=O) groups is 1. The van der Waals surface area contributed by atoms with Gasteiger partial charge in [-0.25, -0.2) is 4.79 Å². The van der Waals surface area contributed by atoms with Crippen molar-refractivity contribution in [3.8, 4) is 11.5 Å². The van der Waals surface area contributed by atoms with Crippen LogP contribution in [0.25, 0.3) is 0 Å². The topological polar surface area (TPSA) is 98.9 Å². The van der Waals surface area contributed by atoms with Crippen LogP contribution in [0.1, 0.15) is 13.8 Å². The Bertz CT molecular complexity index is 485. The molecule has 1 unspecified atom stereocenters. The summed E-state index contributed by atoms with van der Waals surface area (Å²) < 4.78 is 10.2. The summed E-state index contributed by atoms with van der Waals surface area (Å²) in [6, 6.07) is 3.93. The van der Waals surface area contributed by atoms with E-state index >= 15 is 0 Å². The quantitative estimate of drug-likeness (QED) is 0.627. The smallest absolute Gasteiger partial charge is 0.345 e. The fourth-order valence-electron chi connectivity index (χ4n) is 1.48. The third-order valence-electron chi connectivity index (χ3n) is 2.47. The van der Waals surface area contributed by atoms with Gasteiger partial charge in [-0.3, -0.25) is 10.1 Å². The molecule has 1 atom stereocenters. The van der Waals surface area contributed by atoms with Crippen molar-refractivity contribution in [2.75, 3.05) is 7.11 Å². The zero-order valence-electron chi connectivity index (χ0n) is 10.8. The van der Waals surface area contributed by atoms with E-state index in [0.29, 0.717) is 5.75 Å². The van der Waals surface area contributed by atoms with Gasteiger partial charge in [-0.1, -0.05) is 13.8 Å². The predicted molar refractivity (Wildman–Crippen MR) is 66.5 cm³/mol. The van der Waals surface area contributed by atoms with E-state index in [1.54, 1.807) is 13.8 Å². The van der Waals surface area contributed by atoms with E-state index in [9.17, 15) is 14.9 Å². The second-order valence-electron chi connectivity index (χ2n) is 4.21. The minimum absolute atomic E-state index is 0.120. The van der Waals surface area contributed by atoms with Crippen molar-refractivity contribution < 1.29 is 24.3 Å². The van der Waals surface area contributed by atoms with Gasteiger partial charge >= 0.3 is 11.7 Å². The van der Waals surface area contributed by atoms with Crippen molar-refractivity contribution in [2.24, 2.45) is 5.92 Å². The van der Waals surface area contributed by atoms with Crippen molar-refractivity contribution >= 4 is 11.7 Å². The third kappa shape index (κ3) is 3.57. The Morgan fingerprint density at radius 3 is 2.47 bits per heavy atom. The third-order valence-corrected chi connectivity index (χ3v) is 2.47. The molecule has 0 amide bonds. The zero-order valence-corrected chi connectivity index (χ0v) is 10.8. The first-order chi connectivity index (χ1) is 8.86. The van der Waals surface area contributed by atoms with E-state index in [1.807, 2.05) is 0 Å². The molecule has 19 heavy (non-hydrogen) atoms. The van der Waals surface area contributed by atoms with E-state index < -0.39 is 17.0 Å². The Kier molecular flexibility index (Phi) is 4.68. The number of hydrogen-bond donors (Lipinski definition) is 1. The molecular weight excluding hydrogens is 254 g/mol. The summed E-state index contributed by atoms with van der Waals surface area (Å²) in [6.07, 6.45) is -1.16. The van der Waals surface area contributed by atoms with Gasteiger partial charge in [0.1, 0.15) is 5.75 Å². The van der Waals surface area contributed by atoms with Crippen LogP contribution in [0, 0.1) is 16.0 Å². The molecule has 0 aliphatic heterocycles. The summed E-state index contributed by atoms with van der Waals surface area (Å²) in [5.41, 5.74) is -0.298. The maximum absolute atomic E-state index is 11.1. The lowest BCUT2D eigenvalue weighted by Crippen LogP contribution is -2.32. The molecule has 0 spiro atoms. The van der Waals surface area contributed by atoms with E-state index in [4.69, 9.17) is 14.6 Å². The van der Waals surface area contributed by atoms with E-state index in [-0.39, 0.29) is 17.4 Å². The van der Waals surface area contributed by atoms with Crippen LogP contribution >= 0.6 is 0 Å². The Labute approximate surface area is 109 Å². The van der Waals surface area contributed by atoms with E-state index in [0.717, 1.165) is 0 Å². The summed E-state index contributed by atoms with van der Waals surface area (Å²) in [5.74, 6) is -1.27. The van der Waals surface area contributed by atoms with Gasteiger partial charge in [0.05, 0.1) is 12.0 Å².